The van der Waals surface area contributed by atoms with E-state index in [-0.39, 0.29) is 0 Å². The van der Waals surface area contributed by atoms with Gasteiger partial charge in [0.15, 0.2) is 11.6 Å². The quantitative estimate of drug-likeness (QED) is 0.209. The van der Waals surface area contributed by atoms with Gasteiger partial charge in [0.25, 0.3) is 0 Å². The highest BCUT2D eigenvalue weighted by molar-refractivity contribution is 5.55. The standard InChI is InChI=1S/C27H40N2O/c1-3-5-7-9-10-11-13-15-21-30-26-22-28-27(29-23-26)25-19-17-24(18-20-25)16-14-12-8-6-4-2/h13,15,17-20,22-23H,3-12,14,16,21H2,1-2H3/b15-13+. The predicted molar refractivity (Wildman–Crippen MR) is 128 cm³/mol. The third kappa shape index (κ3) is 10.0. The summed E-state index contributed by atoms with van der Waals surface area (Å²) in [5.74, 6) is 1.47. The van der Waals surface area contributed by atoms with Crippen LogP contribution in [0.25, 0.3) is 11.4 Å². The second-order valence-electron chi connectivity index (χ2n) is 8.09. The summed E-state index contributed by atoms with van der Waals surface area (Å²) in [6, 6.07) is 8.66. The van der Waals surface area contributed by atoms with Crippen molar-refractivity contribution >= 4 is 0 Å². The fourth-order valence-electron chi connectivity index (χ4n) is 3.49. The van der Waals surface area contributed by atoms with Crippen LogP contribution in [-0.2, 0) is 6.42 Å². The van der Waals surface area contributed by atoms with Gasteiger partial charge in [-0.25, -0.2) is 9.97 Å². The van der Waals surface area contributed by atoms with E-state index in [2.05, 4.69) is 60.2 Å². The first-order valence-electron chi connectivity index (χ1n) is 12.0. The van der Waals surface area contributed by atoms with Crippen molar-refractivity contribution < 1.29 is 4.74 Å². The van der Waals surface area contributed by atoms with Gasteiger partial charge in [-0.1, -0.05) is 102 Å². The second-order valence-corrected chi connectivity index (χ2v) is 8.09. The van der Waals surface area contributed by atoms with Gasteiger partial charge < -0.3 is 4.74 Å². The van der Waals surface area contributed by atoms with Crippen LogP contribution in [0.1, 0.15) is 90.0 Å². The van der Waals surface area contributed by atoms with Crippen LogP contribution < -0.4 is 4.74 Å². The van der Waals surface area contributed by atoms with E-state index >= 15 is 0 Å². The van der Waals surface area contributed by atoms with Gasteiger partial charge in [-0.15, -0.1) is 0 Å². The van der Waals surface area contributed by atoms with Gasteiger partial charge in [0.05, 0.1) is 12.4 Å². The second kappa shape index (κ2) is 15.6. The van der Waals surface area contributed by atoms with E-state index in [1.54, 1.807) is 12.4 Å². The number of allylic oxidation sites excluding steroid dienone is 1. The van der Waals surface area contributed by atoms with Crippen molar-refractivity contribution in [1.82, 2.24) is 9.97 Å². The van der Waals surface area contributed by atoms with Gasteiger partial charge in [-0.05, 0) is 31.2 Å². The van der Waals surface area contributed by atoms with Crippen molar-refractivity contribution in [1.29, 1.82) is 0 Å². The molecule has 0 aliphatic rings. The summed E-state index contributed by atoms with van der Waals surface area (Å²) >= 11 is 0. The molecule has 3 heteroatoms. The van der Waals surface area contributed by atoms with Crippen LogP contribution in [0.4, 0.5) is 0 Å². The molecule has 0 unspecified atom stereocenters. The Balaban J connectivity index is 1.68. The number of ether oxygens (including phenoxy) is 1. The zero-order valence-corrected chi connectivity index (χ0v) is 19.1. The van der Waals surface area contributed by atoms with E-state index < -0.39 is 0 Å². The zero-order valence-electron chi connectivity index (χ0n) is 19.1. The molecule has 0 atom stereocenters. The first-order valence-corrected chi connectivity index (χ1v) is 12.0. The summed E-state index contributed by atoms with van der Waals surface area (Å²) in [6.07, 6.45) is 23.3. The van der Waals surface area contributed by atoms with Crippen molar-refractivity contribution in [2.24, 2.45) is 0 Å². The number of aromatic nitrogens is 2. The first kappa shape index (κ1) is 24.1. The molecule has 0 saturated carbocycles. The minimum absolute atomic E-state index is 0.574. The molecule has 2 rings (SSSR count). The van der Waals surface area contributed by atoms with Crippen LogP contribution in [0, 0.1) is 0 Å². The fourth-order valence-corrected chi connectivity index (χ4v) is 3.49. The van der Waals surface area contributed by atoms with Crippen LogP contribution in [-0.4, -0.2) is 16.6 Å². The minimum Gasteiger partial charge on any atom is -0.486 e. The van der Waals surface area contributed by atoms with Gasteiger partial charge in [0.2, 0.25) is 0 Å². The van der Waals surface area contributed by atoms with Gasteiger partial charge in [0.1, 0.15) is 6.61 Å². The molecular weight excluding hydrogens is 368 g/mol. The van der Waals surface area contributed by atoms with Crippen molar-refractivity contribution in [3.8, 4) is 17.1 Å². The predicted octanol–water partition coefficient (Wildman–Crippen LogP) is 7.95. The molecule has 0 N–H and O–H groups in total. The number of unbranched alkanes of at least 4 members (excludes halogenated alkanes) is 9. The van der Waals surface area contributed by atoms with Crippen LogP contribution in [0.5, 0.6) is 5.75 Å². The molecule has 3 nitrogen and oxygen atoms in total. The molecule has 0 aliphatic carbocycles. The highest BCUT2D eigenvalue weighted by Crippen LogP contribution is 2.18. The fraction of sp³-hybridized carbons (Fsp3) is 0.556. The van der Waals surface area contributed by atoms with E-state index in [9.17, 15) is 0 Å². The van der Waals surface area contributed by atoms with Gasteiger partial charge in [0, 0.05) is 5.56 Å². The molecule has 0 saturated heterocycles. The molecule has 0 spiro atoms. The summed E-state index contributed by atoms with van der Waals surface area (Å²) in [7, 11) is 0. The van der Waals surface area contributed by atoms with Crippen molar-refractivity contribution in [3.05, 3.63) is 54.4 Å². The Morgan fingerprint density at radius 3 is 2.03 bits per heavy atom. The third-order valence-electron chi connectivity index (χ3n) is 5.40. The SMILES string of the molecule is CCCCCCC/C=C/COc1cnc(-c2ccc(CCCCCCC)cc2)nc1. The van der Waals surface area contributed by atoms with E-state index in [1.165, 1.54) is 69.8 Å². The molecule has 0 fully saturated rings. The molecule has 2 aromatic rings. The van der Waals surface area contributed by atoms with E-state index in [1.807, 2.05) is 0 Å². The van der Waals surface area contributed by atoms with Crippen LogP contribution >= 0.6 is 0 Å². The molecule has 164 valence electrons. The van der Waals surface area contributed by atoms with Crippen molar-refractivity contribution in [3.63, 3.8) is 0 Å². The summed E-state index contributed by atoms with van der Waals surface area (Å²) in [5.41, 5.74) is 2.45. The number of hydrogen-bond acceptors (Lipinski definition) is 3. The lowest BCUT2D eigenvalue weighted by Crippen LogP contribution is -1.96. The highest BCUT2D eigenvalue weighted by atomic mass is 16.5. The average Bonchev–Trinajstić information content (AvgIpc) is 2.79. The van der Waals surface area contributed by atoms with Crippen molar-refractivity contribution in [2.75, 3.05) is 6.61 Å². The molecule has 0 amide bonds. The maximum absolute atomic E-state index is 5.72. The number of aryl methyl sites for hydroxylation is 1. The molecule has 30 heavy (non-hydrogen) atoms. The van der Waals surface area contributed by atoms with E-state index in [0.717, 1.165) is 30.0 Å². The summed E-state index contributed by atoms with van der Waals surface area (Å²) in [5, 5.41) is 0. The number of rotatable bonds is 16. The maximum atomic E-state index is 5.72. The van der Waals surface area contributed by atoms with Crippen LogP contribution in [0.15, 0.2) is 48.8 Å². The monoisotopic (exact) mass is 408 g/mol. The Bertz CT molecular complexity index is 692. The lowest BCUT2D eigenvalue weighted by atomic mass is 10.0. The Morgan fingerprint density at radius 1 is 0.733 bits per heavy atom. The van der Waals surface area contributed by atoms with E-state index in [4.69, 9.17) is 4.74 Å². The molecule has 0 aliphatic heterocycles. The molecular formula is C27H40N2O. The molecule has 1 aromatic heterocycles. The smallest absolute Gasteiger partial charge is 0.159 e. The van der Waals surface area contributed by atoms with Crippen LogP contribution in [0.2, 0.25) is 0 Å². The Morgan fingerprint density at radius 2 is 1.37 bits per heavy atom. The van der Waals surface area contributed by atoms with Crippen molar-refractivity contribution in [2.45, 2.75) is 90.9 Å². The largest absolute Gasteiger partial charge is 0.486 e. The lowest BCUT2D eigenvalue weighted by molar-refractivity contribution is 0.359. The topological polar surface area (TPSA) is 35.0 Å². The molecule has 0 radical (unpaired) electrons. The Hall–Kier alpha value is -2.16. The lowest BCUT2D eigenvalue weighted by Gasteiger charge is -2.06. The molecule has 1 aromatic carbocycles. The van der Waals surface area contributed by atoms with E-state index in [0.29, 0.717) is 6.61 Å². The summed E-state index contributed by atoms with van der Waals surface area (Å²) in [4.78, 5) is 8.94. The Labute approximate surface area is 184 Å². The zero-order chi connectivity index (χ0) is 21.3. The van der Waals surface area contributed by atoms with Gasteiger partial charge >= 0.3 is 0 Å². The molecule has 1 heterocycles. The van der Waals surface area contributed by atoms with Crippen LogP contribution in [0.3, 0.4) is 0 Å². The number of benzene rings is 1. The first-order chi connectivity index (χ1) is 14.8. The normalized spacial score (nSPS) is 11.3. The third-order valence-corrected chi connectivity index (χ3v) is 5.40. The molecule has 0 bridgehead atoms. The highest BCUT2D eigenvalue weighted by Gasteiger charge is 2.03. The van der Waals surface area contributed by atoms with Gasteiger partial charge in [-0.2, -0.15) is 0 Å². The Kier molecular flexibility index (Phi) is 12.6. The number of hydrogen-bond donors (Lipinski definition) is 0. The summed E-state index contributed by atoms with van der Waals surface area (Å²) < 4.78 is 5.72. The average molecular weight is 409 g/mol. The van der Waals surface area contributed by atoms with Gasteiger partial charge in [-0.3, -0.25) is 0 Å². The minimum atomic E-state index is 0.574. The maximum Gasteiger partial charge on any atom is 0.159 e. The number of nitrogens with zero attached hydrogens (tertiary/aromatic N) is 2. The summed E-state index contributed by atoms with van der Waals surface area (Å²) in [6.45, 7) is 5.08.